The SMILES string of the molecule is COC(=O)CSCCNC(=O)CCC(C)N. The molecular formula is C10H20N2O3S. The molecule has 0 aromatic carbocycles. The van der Waals surface area contributed by atoms with E-state index in [2.05, 4.69) is 10.1 Å². The zero-order valence-corrected chi connectivity index (χ0v) is 10.6. The Hall–Kier alpha value is -0.750. The van der Waals surface area contributed by atoms with Gasteiger partial charge in [0.25, 0.3) is 0 Å². The second-order valence-corrected chi connectivity index (χ2v) is 4.60. The van der Waals surface area contributed by atoms with Gasteiger partial charge < -0.3 is 15.8 Å². The first-order valence-corrected chi connectivity index (χ1v) is 6.38. The molecule has 6 heteroatoms. The molecule has 0 fully saturated rings. The lowest BCUT2D eigenvalue weighted by molar-refractivity contribution is -0.137. The van der Waals surface area contributed by atoms with Gasteiger partial charge in [0, 0.05) is 24.8 Å². The van der Waals surface area contributed by atoms with E-state index in [0.29, 0.717) is 30.9 Å². The molecule has 5 nitrogen and oxygen atoms in total. The average molecular weight is 248 g/mol. The molecule has 0 aliphatic heterocycles. The standard InChI is InChI=1S/C10H20N2O3S/c1-8(11)3-4-9(13)12-5-6-16-7-10(14)15-2/h8H,3-7,11H2,1-2H3,(H,12,13). The summed E-state index contributed by atoms with van der Waals surface area (Å²) in [6.45, 7) is 2.44. The molecule has 0 aromatic rings. The number of nitrogens with two attached hydrogens (primary N) is 1. The molecular weight excluding hydrogens is 228 g/mol. The smallest absolute Gasteiger partial charge is 0.315 e. The van der Waals surface area contributed by atoms with Gasteiger partial charge >= 0.3 is 5.97 Å². The van der Waals surface area contributed by atoms with Gasteiger partial charge in [-0.2, -0.15) is 0 Å². The summed E-state index contributed by atoms with van der Waals surface area (Å²) >= 11 is 1.44. The Bertz CT molecular complexity index is 222. The first kappa shape index (κ1) is 15.2. The van der Waals surface area contributed by atoms with Crippen LogP contribution in [0, 0.1) is 0 Å². The third-order valence-electron chi connectivity index (χ3n) is 1.84. The van der Waals surface area contributed by atoms with Gasteiger partial charge in [0.2, 0.25) is 5.91 Å². The van der Waals surface area contributed by atoms with E-state index in [9.17, 15) is 9.59 Å². The molecule has 16 heavy (non-hydrogen) atoms. The fraction of sp³-hybridized carbons (Fsp3) is 0.800. The molecule has 1 unspecified atom stereocenters. The quantitative estimate of drug-likeness (QED) is 0.471. The number of hydrogen-bond donors (Lipinski definition) is 2. The maximum absolute atomic E-state index is 11.2. The minimum atomic E-state index is -0.242. The summed E-state index contributed by atoms with van der Waals surface area (Å²) in [6, 6.07) is 0.0550. The van der Waals surface area contributed by atoms with Gasteiger partial charge in [0.05, 0.1) is 12.9 Å². The molecule has 0 aromatic heterocycles. The second-order valence-electron chi connectivity index (χ2n) is 3.49. The minimum absolute atomic E-state index is 0.0102. The van der Waals surface area contributed by atoms with E-state index in [1.807, 2.05) is 6.92 Å². The number of esters is 1. The predicted molar refractivity (Wildman–Crippen MR) is 65.2 cm³/mol. The van der Waals surface area contributed by atoms with Crippen LogP contribution in [0.15, 0.2) is 0 Å². The number of carbonyl (C=O) groups excluding carboxylic acids is 2. The van der Waals surface area contributed by atoms with Crippen molar-refractivity contribution in [2.75, 3.05) is 25.2 Å². The Balaban J connectivity index is 3.31. The van der Waals surface area contributed by atoms with Crippen LogP contribution in [0.1, 0.15) is 19.8 Å². The third kappa shape index (κ3) is 9.79. The highest BCUT2D eigenvalue weighted by atomic mass is 32.2. The predicted octanol–water partition coefficient (Wildman–Crippen LogP) is 0.136. The van der Waals surface area contributed by atoms with Crippen molar-refractivity contribution in [2.45, 2.75) is 25.8 Å². The number of ether oxygens (including phenoxy) is 1. The maximum Gasteiger partial charge on any atom is 0.315 e. The molecule has 0 saturated carbocycles. The van der Waals surface area contributed by atoms with Crippen molar-refractivity contribution in [3.8, 4) is 0 Å². The van der Waals surface area contributed by atoms with Crippen LogP contribution in [0.3, 0.4) is 0 Å². The van der Waals surface area contributed by atoms with Crippen LogP contribution in [-0.2, 0) is 14.3 Å². The van der Waals surface area contributed by atoms with Crippen molar-refractivity contribution >= 4 is 23.6 Å². The van der Waals surface area contributed by atoms with Crippen LogP contribution in [0.2, 0.25) is 0 Å². The third-order valence-corrected chi connectivity index (χ3v) is 2.78. The fourth-order valence-electron chi connectivity index (χ4n) is 0.924. The molecule has 0 rings (SSSR count). The molecule has 94 valence electrons. The lowest BCUT2D eigenvalue weighted by Crippen LogP contribution is -2.27. The molecule has 0 aliphatic carbocycles. The van der Waals surface area contributed by atoms with E-state index in [4.69, 9.17) is 5.73 Å². The normalized spacial score (nSPS) is 11.9. The lowest BCUT2D eigenvalue weighted by Gasteiger charge is -2.06. The summed E-state index contributed by atoms with van der Waals surface area (Å²) in [5.74, 6) is 0.801. The minimum Gasteiger partial charge on any atom is -0.468 e. The van der Waals surface area contributed by atoms with Crippen LogP contribution >= 0.6 is 11.8 Å². The van der Waals surface area contributed by atoms with E-state index < -0.39 is 0 Å². The number of thioether (sulfide) groups is 1. The van der Waals surface area contributed by atoms with Crippen LogP contribution in [0.4, 0.5) is 0 Å². The van der Waals surface area contributed by atoms with Crippen molar-refractivity contribution in [1.29, 1.82) is 0 Å². The number of nitrogens with one attached hydrogen (secondary N) is 1. The zero-order chi connectivity index (χ0) is 12.4. The summed E-state index contributed by atoms with van der Waals surface area (Å²) in [5, 5.41) is 2.76. The zero-order valence-electron chi connectivity index (χ0n) is 9.82. The number of rotatable bonds is 8. The lowest BCUT2D eigenvalue weighted by atomic mass is 10.2. The van der Waals surface area contributed by atoms with E-state index in [0.717, 1.165) is 0 Å². The molecule has 0 spiro atoms. The van der Waals surface area contributed by atoms with Crippen molar-refractivity contribution in [3.63, 3.8) is 0 Å². The molecule has 3 N–H and O–H groups in total. The number of amides is 1. The van der Waals surface area contributed by atoms with Crippen LogP contribution in [-0.4, -0.2) is 43.1 Å². The Morgan fingerprint density at radius 3 is 2.75 bits per heavy atom. The number of carbonyl (C=O) groups is 2. The molecule has 0 bridgehead atoms. The van der Waals surface area contributed by atoms with Crippen LogP contribution in [0.5, 0.6) is 0 Å². The molecule has 0 saturated heterocycles. The second kappa shape index (κ2) is 9.47. The van der Waals surface area contributed by atoms with Gasteiger partial charge in [-0.05, 0) is 13.3 Å². The summed E-state index contributed by atoms with van der Waals surface area (Å²) in [6.07, 6.45) is 1.15. The van der Waals surface area contributed by atoms with E-state index >= 15 is 0 Å². The Morgan fingerprint density at radius 1 is 1.50 bits per heavy atom. The van der Waals surface area contributed by atoms with Crippen molar-refractivity contribution in [3.05, 3.63) is 0 Å². The molecule has 0 heterocycles. The van der Waals surface area contributed by atoms with Gasteiger partial charge in [-0.25, -0.2) is 0 Å². The topological polar surface area (TPSA) is 81.4 Å². The van der Waals surface area contributed by atoms with Crippen LogP contribution in [0.25, 0.3) is 0 Å². The Kier molecular flexibility index (Phi) is 9.03. The van der Waals surface area contributed by atoms with Crippen molar-refractivity contribution in [2.24, 2.45) is 5.73 Å². The maximum atomic E-state index is 11.2. The van der Waals surface area contributed by atoms with E-state index in [1.165, 1.54) is 18.9 Å². The number of methoxy groups -OCH3 is 1. The van der Waals surface area contributed by atoms with Gasteiger partial charge in [-0.1, -0.05) is 0 Å². The van der Waals surface area contributed by atoms with Crippen molar-refractivity contribution < 1.29 is 14.3 Å². The number of hydrogen-bond acceptors (Lipinski definition) is 5. The Labute approximate surface area is 100 Å². The summed E-state index contributed by atoms with van der Waals surface area (Å²) < 4.78 is 4.48. The first-order valence-electron chi connectivity index (χ1n) is 5.23. The fourth-order valence-corrected chi connectivity index (χ4v) is 1.60. The first-order chi connectivity index (χ1) is 7.56. The van der Waals surface area contributed by atoms with Gasteiger partial charge in [0.15, 0.2) is 0 Å². The molecule has 0 aliphatic rings. The highest BCUT2D eigenvalue weighted by Crippen LogP contribution is 1.99. The summed E-state index contributed by atoms with van der Waals surface area (Å²) in [5.41, 5.74) is 5.53. The molecule has 0 radical (unpaired) electrons. The van der Waals surface area contributed by atoms with Gasteiger partial charge in [0.1, 0.15) is 0 Å². The summed E-state index contributed by atoms with van der Waals surface area (Å²) in [7, 11) is 1.36. The largest absolute Gasteiger partial charge is 0.468 e. The average Bonchev–Trinajstić information content (AvgIpc) is 2.25. The highest BCUT2D eigenvalue weighted by molar-refractivity contribution is 7.99. The van der Waals surface area contributed by atoms with Gasteiger partial charge in [-0.3, -0.25) is 9.59 Å². The van der Waals surface area contributed by atoms with E-state index in [-0.39, 0.29) is 17.9 Å². The Morgan fingerprint density at radius 2 is 2.19 bits per heavy atom. The van der Waals surface area contributed by atoms with Gasteiger partial charge in [-0.15, -0.1) is 11.8 Å². The van der Waals surface area contributed by atoms with Crippen molar-refractivity contribution in [1.82, 2.24) is 5.32 Å². The molecule has 1 amide bonds. The monoisotopic (exact) mass is 248 g/mol. The highest BCUT2D eigenvalue weighted by Gasteiger charge is 2.03. The van der Waals surface area contributed by atoms with Crippen LogP contribution < -0.4 is 11.1 Å². The van der Waals surface area contributed by atoms with E-state index in [1.54, 1.807) is 0 Å². The molecule has 1 atom stereocenters. The summed E-state index contributed by atoms with van der Waals surface area (Å²) in [4.78, 5) is 22.0.